The molecule has 0 saturated heterocycles. The largest absolute Gasteiger partial charge is 0.283 e. The smallest absolute Gasteiger partial charge is 0.184 e. The number of benzene rings is 2. The molecule has 0 spiro atoms. The van der Waals surface area contributed by atoms with Crippen LogP contribution in [-0.4, -0.2) is 34.1 Å². The van der Waals surface area contributed by atoms with E-state index in [1.807, 2.05) is 41.1 Å². The van der Waals surface area contributed by atoms with Crippen molar-refractivity contribution in [1.82, 2.24) is 34.1 Å². The number of imidazole rings is 2. The highest BCUT2D eigenvalue weighted by molar-refractivity contribution is 6.35. The van der Waals surface area contributed by atoms with Crippen LogP contribution in [0.5, 0.6) is 0 Å². The van der Waals surface area contributed by atoms with E-state index in [4.69, 9.17) is 61.4 Å². The molecule has 0 aliphatic carbocycles. The molecule has 2 aromatic carbocycles. The molecule has 0 radical (unpaired) electrons. The Hall–Kier alpha value is -3.23. The Morgan fingerprint density at radius 1 is 0.667 bits per heavy atom. The van der Waals surface area contributed by atoms with Gasteiger partial charge in [-0.15, -0.1) is 10.2 Å². The molecule has 0 amide bonds. The van der Waals surface area contributed by atoms with Gasteiger partial charge in [0.15, 0.2) is 11.3 Å². The maximum atomic E-state index is 6.53. The van der Waals surface area contributed by atoms with Crippen molar-refractivity contribution < 1.29 is 0 Å². The van der Waals surface area contributed by atoms with E-state index in [1.165, 1.54) is 0 Å². The summed E-state index contributed by atoms with van der Waals surface area (Å²) < 4.78 is 3.71. The fourth-order valence-electron chi connectivity index (χ4n) is 4.13. The zero-order valence-corrected chi connectivity index (χ0v) is 21.9. The Morgan fingerprint density at radius 2 is 1.33 bits per heavy atom. The summed E-state index contributed by atoms with van der Waals surface area (Å²) in [5, 5.41) is 10.9. The fourth-order valence-corrected chi connectivity index (χ4v) is 4.88. The average molecular weight is 555 g/mol. The van der Waals surface area contributed by atoms with Gasteiger partial charge in [-0.2, -0.15) is 0 Å². The second kappa shape index (κ2) is 8.71. The topological polar surface area (TPSA) is 73.8 Å². The summed E-state index contributed by atoms with van der Waals surface area (Å²) in [6.07, 6.45) is 1.89. The lowest BCUT2D eigenvalue weighted by atomic mass is 10.2. The van der Waals surface area contributed by atoms with Crippen LogP contribution in [0.4, 0.5) is 0 Å². The second-order valence-corrected chi connectivity index (χ2v) is 9.90. The molecule has 0 atom stereocenters. The van der Waals surface area contributed by atoms with Crippen molar-refractivity contribution >= 4 is 63.2 Å². The van der Waals surface area contributed by atoms with Crippen LogP contribution < -0.4 is 0 Å². The van der Waals surface area contributed by atoms with E-state index in [0.29, 0.717) is 71.2 Å². The number of rotatable bonds is 3. The Morgan fingerprint density at radius 3 is 2.03 bits per heavy atom. The monoisotopic (exact) mass is 553 g/mol. The van der Waals surface area contributed by atoms with E-state index in [0.717, 1.165) is 5.69 Å². The van der Waals surface area contributed by atoms with Gasteiger partial charge in [-0.05, 0) is 62.4 Å². The standard InChI is InChI=1S/C25H15Cl4N7/c1-12-11-35(23(30-12)16-9-14(26)3-5-18(16)28)21-8-7-20-25(32-21)36-22(34-33-20)13(2)31-24(36)17-10-15(27)4-6-19(17)29/h3-11H,1-2H3. The van der Waals surface area contributed by atoms with E-state index in [1.54, 1.807) is 36.4 Å². The lowest BCUT2D eigenvalue weighted by Crippen LogP contribution is -2.04. The van der Waals surface area contributed by atoms with Gasteiger partial charge in [0.1, 0.15) is 23.0 Å². The molecule has 0 N–H and O–H groups in total. The first-order chi connectivity index (χ1) is 17.3. The molecule has 0 fully saturated rings. The van der Waals surface area contributed by atoms with Gasteiger partial charge in [-0.3, -0.25) is 8.97 Å². The quantitative estimate of drug-likeness (QED) is 0.227. The summed E-state index contributed by atoms with van der Waals surface area (Å²) in [4.78, 5) is 14.4. The van der Waals surface area contributed by atoms with Crippen molar-refractivity contribution in [3.63, 3.8) is 0 Å². The van der Waals surface area contributed by atoms with E-state index >= 15 is 0 Å². The lowest BCUT2D eigenvalue weighted by Gasteiger charge is -2.11. The summed E-state index contributed by atoms with van der Waals surface area (Å²) in [7, 11) is 0. The van der Waals surface area contributed by atoms with Crippen molar-refractivity contribution in [3.8, 4) is 28.6 Å². The fraction of sp³-hybridized carbons (Fsp3) is 0.0800. The Kier molecular flexibility index (Phi) is 5.61. The predicted molar refractivity (Wildman–Crippen MR) is 144 cm³/mol. The zero-order chi connectivity index (χ0) is 25.1. The van der Waals surface area contributed by atoms with Crippen LogP contribution in [0.2, 0.25) is 20.1 Å². The Bertz CT molecular complexity index is 1820. The molecule has 4 heterocycles. The Labute approximate surface area is 225 Å². The molecule has 0 unspecified atom stereocenters. The molecule has 0 saturated carbocycles. The number of fused-ring (bicyclic) bond motifs is 3. The van der Waals surface area contributed by atoms with E-state index < -0.39 is 0 Å². The average Bonchev–Trinajstić information content (AvgIpc) is 3.41. The molecular weight excluding hydrogens is 540 g/mol. The minimum Gasteiger partial charge on any atom is -0.283 e. The van der Waals surface area contributed by atoms with Crippen molar-refractivity contribution in [3.05, 3.63) is 86.2 Å². The molecule has 4 aromatic heterocycles. The third-order valence-corrected chi connectivity index (χ3v) is 6.87. The molecule has 0 aliphatic heterocycles. The third kappa shape index (κ3) is 3.79. The Balaban J connectivity index is 1.64. The van der Waals surface area contributed by atoms with Gasteiger partial charge in [-0.25, -0.2) is 15.0 Å². The van der Waals surface area contributed by atoms with E-state index in [9.17, 15) is 0 Å². The molecule has 36 heavy (non-hydrogen) atoms. The van der Waals surface area contributed by atoms with Crippen LogP contribution in [-0.2, 0) is 0 Å². The number of aryl methyl sites for hydroxylation is 2. The van der Waals surface area contributed by atoms with Crippen LogP contribution in [0.3, 0.4) is 0 Å². The first-order valence-corrected chi connectivity index (χ1v) is 12.3. The van der Waals surface area contributed by atoms with Gasteiger partial charge in [0.25, 0.3) is 0 Å². The van der Waals surface area contributed by atoms with Crippen molar-refractivity contribution in [2.75, 3.05) is 0 Å². The highest BCUT2D eigenvalue weighted by Crippen LogP contribution is 2.34. The summed E-state index contributed by atoms with van der Waals surface area (Å²) in [6.45, 7) is 3.77. The second-order valence-electron chi connectivity index (χ2n) is 8.22. The molecule has 0 bridgehead atoms. The highest BCUT2D eigenvalue weighted by Gasteiger charge is 2.20. The summed E-state index contributed by atoms with van der Waals surface area (Å²) in [5.74, 6) is 1.79. The van der Waals surface area contributed by atoms with Crippen LogP contribution in [0.25, 0.3) is 45.4 Å². The van der Waals surface area contributed by atoms with Gasteiger partial charge < -0.3 is 0 Å². The number of hydrogen-bond donors (Lipinski definition) is 0. The van der Waals surface area contributed by atoms with Gasteiger partial charge >= 0.3 is 0 Å². The van der Waals surface area contributed by atoms with Gasteiger partial charge in [0.05, 0.1) is 21.4 Å². The summed E-state index contributed by atoms with van der Waals surface area (Å²) >= 11 is 25.6. The first-order valence-electron chi connectivity index (χ1n) is 10.8. The van der Waals surface area contributed by atoms with Gasteiger partial charge in [-0.1, -0.05) is 46.4 Å². The number of aromatic nitrogens is 7. The molecule has 11 heteroatoms. The van der Waals surface area contributed by atoms with Gasteiger partial charge in [0, 0.05) is 27.4 Å². The van der Waals surface area contributed by atoms with Crippen molar-refractivity contribution in [2.45, 2.75) is 13.8 Å². The molecule has 178 valence electrons. The van der Waals surface area contributed by atoms with Crippen LogP contribution >= 0.6 is 46.4 Å². The maximum absolute atomic E-state index is 6.53. The van der Waals surface area contributed by atoms with E-state index in [2.05, 4.69) is 10.2 Å². The number of hydrogen-bond acceptors (Lipinski definition) is 5. The molecular formula is C25H15Cl4N7. The maximum Gasteiger partial charge on any atom is 0.184 e. The third-order valence-electron chi connectivity index (χ3n) is 5.74. The van der Waals surface area contributed by atoms with Gasteiger partial charge in [0.2, 0.25) is 0 Å². The SMILES string of the molecule is Cc1cn(-c2ccc3nnc4c(C)nc(-c5cc(Cl)ccc5Cl)n4c3n2)c(-c2cc(Cl)ccc2Cl)n1. The molecule has 0 aliphatic rings. The first kappa shape index (κ1) is 23.2. The van der Waals surface area contributed by atoms with Crippen LogP contribution in [0.1, 0.15) is 11.4 Å². The molecule has 6 rings (SSSR count). The number of nitrogens with zero attached hydrogens (tertiary/aromatic N) is 7. The number of halogens is 4. The molecule has 6 aromatic rings. The minimum atomic E-state index is 0.510. The van der Waals surface area contributed by atoms with Crippen LogP contribution in [0.15, 0.2) is 54.7 Å². The van der Waals surface area contributed by atoms with E-state index in [-0.39, 0.29) is 0 Å². The van der Waals surface area contributed by atoms with Crippen molar-refractivity contribution in [2.24, 2.45) is 0 Å². The summed E-state index contributed by atoms with van der Waals surface area (Å²) in [5.41, 5.74) is 4.55. The predicted octanol–water partition coefficient (Wildman–Crippen LogP) is 7.42. The minimum absolute atomic E-state index is 0.510. The normalized spacial score (nSPS) is 11.6. The highest BCUT2D eigenvalue weighted by atomic mass is 35.5. The zero-order valence-electron chi connectivity index (χ0n) is 18.8. The van der Waals surface area contributed by atoms with Crippen molar-refractivity contribution in [1.29, 1.82) is 0 Å². The number of pyridine rings is 1. The van der Waals surface area contributed by atoms with Crippen LogP contribution in [0, 0.1) is 13.8 Å². The lowest BCUT2D eigenvalue weighted by molar-refractivity contribution is 0.978. The summed E-state index contributed by atoms with van der Waals surface area (Å²) in [6, 6.07) is 14.2. The molecule has 7 nitrogen and oxygen atoms in total.